The molecular weight excluding hydrogens is 230 g/mol. The highest BCUT2D eigenvalue weighted by Crippen LogP contribution is 2.04. The lowest BCUT2D eigenvalue weighted by Gasteiger charge is -2.08. The molecule has 0 saturated carbocycles. The summed E-state index contributed by atoms with van der Waals surface area (Å²) >= 11 is 0. The second kappa shape index (κ2) is 7.99. The second-order valence-corrected chi connectivity index (χ2v) is 3.71. The number of rotatable bonds is 4. The van der Waals surface area contributed by atoms with Gasteiger partial charge in [0.2, 0.25) is 0 Å². The van der Waals surface area contributed by atoms with Crippen LogP contribution in [0, 0.1) is 0 Å². The number of likely N-dealkylation sites (tertiary alicyclic amines) is 1. The maximum absolute atomic E-state index is 9.77. The SMILES string of the molecule is CCN1CCCC1.O=C(O)C(O)C(O)C(=O)O. The Morgan fingerprint density at radius 3 is 1.59 bits per heavy atom. The minimum atomic E-state index is -2.27. The third kappa shape index (κ3) is 6.20. The first kappa shape index (κ1) is 15.8. The normalized spacial score (nSPS) is 19.0. The molecule has 1 saturated heterocycles. The number of carboxylic acid groups (broad SMARTS) is 2. The van der Waals surface area contributed by atoms with Gasteiger partial charge in [-0.15, -0.1) is 0 Å². The van der Waals surface area contributed by atoms with Crippen molar-refractivity contribution in [1.29, 1.82) is 0 Å². The Bertz CT molecular complexity index is 233. The molecular formula is C10H19NO6. The predicted octanol–water partition coefficient (Wildman–Crippen LogP) is -1.02. The predicted molar refractivity (Wildman–Crippen MR) is 58.6 cm³/mol. The Balaban J connectivity index is 0.000000318. The molecule has 2 atom stereocenters. The van der Waals surface area contributed by atoms with E-state index in [0.717, 1.165) is 0 Å². The molecule has 0 aromatic rings. The summed E-state index contributed by atoms with van der Waals surface area (Å²) in [5.41, 5.74) is 0. The molecule has 7 heteroatoms. The Labute approximate surface area is 99.3 Å². The number of aliphatic hydroxyl groups excluding tert-OH is 2. The van der Waals surface area contributed by atoms with E-state index in [4.69, 9.17) is 20.4 Å². The van der Waals surface area contributed by atoms with Crippen LogP contribution in [0.15, 0.2) is 0 Å². The van der Waals surface area contributed by atoms with Crippen LogP contribution in [-0.2, 0) is 9.59 Å². The number of nitrogens with zero attached hydrogens (tertiary/aromatic N) is 1. The van der Waals surface area contributed by atoms with E-state index in [-0.39, 0.29) is 0 Å². The quantitative estimate of drug-likeness (QED) is 0.503. The first-order valence-electron chi connectivity index (χ1n) is 5.44. The monoisotopic (exact) mass is 249 g/mol. The van der Waals surface area contributed by atoms with Gasteiger partial charge in [-0.2, -0.15) is 0 Å². The molecule has 2 unspecified atom stereocenters. The molecule has 0 bridgehead atoms. The van der Waals surface area contributed by atoms with Gasteiger partial charge in [-0.25, -0.2) is 9.59 Å². The third-order valence-electron chi connectivity index (χ3n) is 2.45. The van der Waals surface area contributed by atoms with E-state index in [0.29, 0.717) is 0 Å². The molecule has 0 aliphatic carbocycles. The molecule has 4 N–H and O–H groups in total. The zero-order chi connectivity index (χ0) is 13.4. The maximum atomic E-state index is 9.77. The maximum Gasteiger partial charge on any atom is 0.335 e. The Morgan fingerprint density at radius 1 is 1.06 bits per heavy atom. The molecule has 1 aliphatic heterocycles. The van der Waals surface area contributed by atoms with Crippen molar-refractivity contribution in [2.24, 2.45) is 0 Å². The van der Waals surface area contributed by atoms with Gasteiger partial charge in [0, 0.05) is 0 Å². The largest absolute Gasteiger partial charge is 0.479 e. The highest BCUT2D eigenvalue weighted by Gasteiger charge is 2.29. The van der Waals surface area contributed by atoms with Crippen LogP contribution < -0.4 is 0 Å². The average molecular weight is 249 g/mol. The van der Waals surface area contributed by atoms with Gasteiger partial charge in [0.25, 0.3) is 0 Å². The van der Waals surface area contributed by atoms with Crippen molar-refractivity contribution in [3.63, 3.8) is 0 Å². The lowest BCUT2D eigenvalue weighted by Crippen LogP contribution is -2.39. The van der Waals surface area contributed by atoms with E-state index in [2.05, 4.69) is 11.8 Å². The lowest BCUT2D eigenvalue weighted by atomic mass is 10.2. The second-order valence-electron chi connectivity index (χ2n) is 3.71. The van der Waals surface area contributed by atoms with Gasteiger partial charge in [-0.3, -0.25) is 0 Å². The fourth-order valence-corrected chi connectivity index (χ4v) is 1.37. The topological polar surface area (TPSA) is 118 Å². The smallest absolute Gasteiger partial charge is 0.335 e. The van der Waals surface area contributed by atoms with Crippen LogP contribution in [0.2, 0.25) is 0 Å². The van der Waals surface area contributed by atoms with Crippen molar-refractivity contribution < 1.29 is 30.0 Å². The van der Waals surface area contributed by atoms with Gasteiger partial charge < -0.3 is 25.3 Å². The average Bonchev–Trinajstić information content (AvgIpc) is 2.80. The van der Waals surface area contributed by atoms with Crippen LogP contribution in [0.3, 0.4) is 0 Å². The lowest BCUT2D eigenvalue weighted by molar-refractivity contribution is -0.165. The van der Waals surface area contributed by atoms with E-state index in [1.54, 1.807) is 0 Å². The van der Waals surface area contributed by atoms with Crippen molar-refractivity contribution in [1.82, 2.24) is 4.90 Å². The summed E-state index contributed by atoms with van der Waals surface area (Å²) in [5, 5.41) is 32.5. The van der Waals surface area contributed by atoms with Crippen LogP contribution in [-0.4, -0.2) is 69.1 Å². The first-order valence-corrected chi connectivity index (χ1v) is 5.44. The number of aliphatic hydroxyl groups is 2. The molecule has 1 heterocycles. The zero-order valence-corrected chi connectivity index (χ0v) is 9.74. The summed E-state index contributed by atoms with van der Waals surface area (Å²) in [7, 11) is 0. The Morgan fingerprint density at radius 2 is 1.41 bits per heavy atom. The molecule has 0 spiro atoms. The van der Waals surface area contributed by atoms with Crippen molar-refractivity contribution >= 4 is 11.9 Å². The summed E-state index contributed by atoms with van der Waals surface area (Å²) in [5.74, 6) is -3.54. The van der Waals surface area contributed by atoms with E-state index in [9.17, 15) is 9.59 Å². The highest BCUT2D eigenvalue weighted by atomic mass is 16.4. The van der Waals surface area contributed by atoms with Crippen LogP contribution in [0.4, 0.5) is 0 Å². The molecule has 100 valence electrons. The molecule has 1 fully saturated rings. The standard InChI is InChI=1S/C6H13N.C4H6O6/c1-2-7-5-3-4-6-7;5-1(3(7)8)2(6)4(9)10/h2-6H2,1H3;1-2,5-6H,(H,7,8)(H,9,10). The fraction of sp³-hybridized carbons (Fsp3) is 0.800. The summed E-state index contributed by atoms with van der Waals surface area (Å²) in [6.45, 7) is 6.16. The van der Waals surface area contributed by atoms with Gasteiger partial charge >= 0.3 is 11.9 Å². The first-order chi connectivity index (χ1) is 7.90. The van der Waals surface area contributed by atoms with Crippen molar-refractivity contribution in [2.75, 3.05) is 19.6 Å². The zero-order valence-electron chi connectivity index (χ0n) is 9.74. The summed E-state index contributed by atoms with van der Waals surface area (Å²) in [6, 6.07) is 0. The Hall–Kier alpha value is -1.18. The summed E-state index contributed by atoms with van der Waals surface area (Å²) < 4.78 is 0. The summed E-state index contributed by atoms with van der Waals surface area (Å²) in [6.07, 6.45) is -1.68. The van der Waals surface area contributed by atoms with Crippen LogP contribution in [0.1, 0.15) is 19.8 Å². The van der Waals surface area contributed by atoms with E-state index >= 15 is 0 Å². The van der Waals surface area contributed by atoms with Crippen molar-refractivity contribution in [3.05, 3.63) is 0 Å². The number of hydrogen-bond acceptors (Lipinski definition) is 5. The van der Waals surface area contributed by atoms with Crippen LogP contribution in [0.25, 0.3) is 0 Å². The third-order valence-corrected chi connectivity index (χ3v) is 2.45. The fourth-order valence-electron chi connectivity index (χ4n) is 1.37. The molecule has 7 nitrogen and oxygen atoms in total. The van der Waals surface area contributed by atoms with Gasteiger partial charge in [-0.05, 0) is 32.5 Å². The molecule has 1 aliphatic rings. The van der Waals surface area contributed by atoms with Crippen LogP contribution >= 0.6 is 0 Å². The summed E-state index contributed by atoms with van der Waals surface area (Å²) in [4.78, 5) is 22.0. The molecule has 0 radical (unpaired) electrons. The molecule has 0 aromatic carbocycles. The van der Waals surface area contributed by atoms with E-state index in [1.165, 1.54) is 32.5 Å². The molecule has 1 rings (SSSR count). The van der Waals surface area contributed by atoms with Crippen LogP contribution in [0.5, 0.6) is 0 Å². The Kier molecular flexibility index (Phi) is 7.44. The molecule has 17 heavy (non-hydrogen) atoms. The van der Waals surface area contributed by atoms with E-state index < -0.39 is 24.1 Å². The number of carboxylic acids is 2. The van der Waals surface area contributed by atoms with Crippen molar-refractivity contribution in [2.45, 2.75) is 32.0 Å². The number of aliphatic carboxylic acids is 2. The van der Waals surface area contributed by atoms with Gasteiger partial charge in [0.15, 0.2) is 12.2 Å². The van der Waals surface area contributed by atoms with Gasteiger partial charge in [0.05, 0.1) is 0 Å². The number of hydrogen-bond donors (Lipinski definition) is 4. The minimum absolute atomic E-state index is 1.25. The molecule has 0 amide bonds. The van der Waals surface area contributed by atoms with E-state index in [1.807, 2.05) is 0 Å². The van der Waals surface area contributed by atoms with Gasteiger partial charge in [0.1, 0.15) is 0 Å². The highest BCUT2D eigenvalue weighted by molar-refractivity contribution is 5.83. The van der Waals surface area contributed by atoms with Gasteiger partial charge in [-0.1, -0.05) is 6.92 Å². The number of carbonyl (C=O) groups is 2. The molecule has 0 aromatic heterocycles. The minimum Gasteiger partial charge on any atom is -0.479 e. The van der Waals surface area contributed by atoms with Crippen molar-refractivity contribution in [3.8, 4) is 0 Å².